The smallest absolute Gasteiger partial charge is 0.254 e. The first-order valence-corrected chi connectivity index (χ1v) is 11.4. The number of carbonyl (C=O) groups excluding carboxylic acids is 1. The SMILES string of the molecule is O=C(c1ccc(S(=O)(=O)NCc2ccco2)cc1)N1CCC[C@H]1c1cccs1. The number of hydrogen-bond acceptors (Lipinski definition) is 5. The van der Waals surface area contributed by atoms with Crippen LogP contribution in [-0.2, 0) is 16.6 Å². The first kappa shape index (κ1) is 18.9. The molecule has 1 fully saturated rings. The molecule has 0 radical (unpaired) electrons. The summed E-state index contributed by atoms with van der Waals surface area (Å²) in [6, 6.07) is 13.6. The largest absolute Gasteiger partial charge is 0.468 e. The standard InChI is InChI=1S/C20H20N2O4S2/c23-20(22-11-1-5-18(22)19-6-3-13-27-19)15-7-9-17(10-8-15)28(24,25)21-14-16-4-2-12-26-16/h2-4,6-10,12-13,18,21H,1,5,11,14H2/t18-/m0/s1. The quantitative estimate of drug-likeness (QED) is 0.663. The van der Waals surface area contributed by atoms with Gasteiger partial charge in [-0.25, -0.2) is 13.1 Å². The number of benzene rings is 1. The average molecular weight is 417 g/mol. The molecule has 1 N–H and O–H groups in total. The van der Waals surface area contributed by atoms with E-state index in [0.717, 1.165) is 12.8 Å². The fourth-order valence-corrected chi connectivity index (χ4v) is 5.26. The minimum absolute atomic E-state index is 0.0663. The Balaban J connectivity index is 1.47. The summed E-state index contributed by atoms with van der Waals surface area (Å²) < 4.78 is 32.5. The van der Waals surface area contributed by atoms with Gasteiger partial charge in [-0.2, -0.15) is 0 Å². The highest BCUT2D eigenvalue weighted by Crippen LogP contribution is 2.35. The van der Waals surface area contributed by atoms with Crippen molar-refractivity contribution < 1.29 is 17.6 Å². The summed E-state index contributed by atoms with van der Waals surface area (Å²) >= 11 is 1.66. The van der Waals surface area contributed by atoms with E-state index in [1.54, 1.807) is 35.6 Å². The van der Waals surface area contributed by atoms with Crippen LogP contribution in [0.3, 0.4) is 0 Å². The second kappa shape index (κ2) is 7.90. The van der Waals surface area contributed by atoms with Crippen molar-refractivity contribution in [2.45, 2.75) is 30.3 Å². The summed E-state index contributed by atoms with van der Waals surface area (Å²) in [4.78, 5) is 16.1. The van der Waals surface area contributed by atoms with Crippen molar-refractivity contribution in [3.05, 3.63) is 76.4 Å². The Bertz CT molecular complexity index is 1030. The highest BCUT2D eigenvalue weighted by Gasteiger charge is 2.31. The average Bonchev–Trinajstić information content (AvgIpc) is 3.48. The molecule has 8 heteroatoms. The second-order valence-corrected chi connectivity index (χ2v) is 9.35. The molecule has 1 amide bonds. The van der Waals surface area contributed by atoms with Crippen LogP contribution in [0.2, 0.25) is 0 Å². The number of furan rings is 1. The van der Waals surface area contributed by atoms with Gasteiger partial charge in [-0.15, -0.1) is 11.3 Å². The van der Waals surface area contributed by atoms with E-state index in [1.807, 2.05) is 16.3 Å². The monoisotopic (exact) mass is 416 g/mol. The summed E-state index contributed by atoms with van der Waals surface area (Å²) in [5.74, 6) is 0.465. The molecule has 1 aliphatic rings. The molecule has 0 spiro atoms. The first-order valence-electron chi connectivity index (χ1n) is 9.01. The third-order valence-corrected chi connectivity index (χ3v) is 7.20. The molecule has 3 heterocycles. The molecule has 2 aromatic heterocycles. The van der Waals surface area contributed by atoms with Gasteiger partial charge in [0, 0.05) is 17.0 Å². The van der Waals surface area contributed by atoms with Crippen LogP contribution < -0.4 is 4.72 Å². The van der Waals surface area contributed by atoms with Crippen molar-refractivity contribution in [1.29, 1.82) is 0 Å². The third-order valence-electron chi connectivity index (χ3n) is 4.81. The molecule has 6 nitrogen and oxygen atoms in total. The third kappa shape index (κ3) is 3.89. The van der Waals surface area contributed by atoms with E-state index in [9.17, 15) is 13.2 Å². The maximum atomic E-state index is 12.9. The molecule has 0 aliphatic carbocycles. The van der Waals surface area contributed by atoms with Crippen LogP contribution in [0, 0.1) is 0 Å². The summed E-state index contributed by atoms with van der Waals surface area (Å²) in [5.41, 5.74) is 0.494. The van der Waals surface area contributed by atoms with Crippen LogP contribution in [-0.4, -0.2) is 25.8 Å². The van der Waals surface area contributed by atoms with Gasteiger partial charge in [0.1, 0.15) is 5.76 Å². The molecular weight excluding hydrogens is 396 g/mol. The van der Waals surface area contributed by atoms with Gasteiger partial charge in [-0.3, -0.25) is 4.79 Å². The Labute approximate surface area is 167 Å². The number of rotatable bonds is 6. The molecule has 4 rings (SSSR count). The molecular formula is C20H20N2O4S2. The molecule has 0 bridgehead atoms. The highest BCUT2D eigenvalue weighted by molar-refractivity contribution is 7.89. The van der Waals surface area contributed by atoms with Crippen LogP contribution in [0.15, 0.2) is 69.5 Å². The molecule has 1 aliphatic heterocycles. The Morgan fingerprint density at radius 3 is 2.68 bits per heavy atom. The number of sulfonamides is 1. The number of nitrogens with zero attached hydrogens (tertiary/aromatic N) is 1. The molecule has 3 aromatic rings. The lowest BCUT2D eigenvalue weighted by molar-refractivity contribution is 0.0738. The minimum Gasteiger partial charge on any atom is -0.468 e. The lowest BCUT2D eigenvalue weighted by atomic mass is 10.1. The van der Waals surface area contributed by atoms with E-state index in [0.29, 0.717) is 17.9 Å². The summed E-state index contributed by atoms with van der Waals surface area (Å²) in [6.45, 7) is 0.790. The Morgan fingerprint density at radius 1 is 1.18 bits per heavy atom. The summed E-state index contributed by atoms with van der Waals surface area (Å²) in [7, 11) is -3.68. The van der Waals surface area contributed by atoms with Crippen molar-refractivity contribution in [1.82, 2.24) is 9.62 Å². The predicted octanol–water partition coefficient (Wildman–Crippen LogP) is 3.80. The number of thiophene rings is 1. The van der Waals surface area contributed by atoms with E-state index < -0.39 is 10.0 Å². The van der Waals surface area contributed by atoms with Gasteiger partial charge < -0.3 is 9.32 Å². The summed E-state index contributed by atoms with van der Waals surface area (Å²) in [5, 5.41) is 2.02. The van der Waals surface area contributed by atoms with E-state index in [2.05, 4.69) is 10.8 Å². The van der Waals surface area contributed by atoms with Gasteiger partial charge in [0.15, 0.2) is 0 Å². The van der Waals surface area contributed by atoms with Crippen LogP contribution in [0.5, 0.6) is 0 Å². The van der Waals surface area contributed by atoms with Gasteiger partial charge in [-0.05, 0) is 60.7 Å². The number of nitrogens with one attached hydrogen (secondary N) is 1. The van der Waals surface area contributed by atoms with E-state index >= 15 is 0 Å². The Hall–Kier alpha value is -2.42. The number of amides is 1. The van der Waals surface area contributed by atoms with E-state index in [1.165, 1.54) is 23.3 Å². The van der Waals surface area contributed by atoms with Crippen LogP contribution in [0.25, 0.3) is 0 Å². The van der Waals surface area contributed by atoms with Gasteiger partial charge in [0.25, 0.3) is 5.91 Å². The fourth-order valence-electron chi connectivity index (χ4n) is 3.39. The molecule has 0 saturated carbocycles. The normalized spacial score (nSPS) is 17.1. The Kier molecular flexibility index (Phi) is 5.34. The van der Waals surface area contributed by atoms with Gasteiger partial charge in [-0.1, -0.05) is 6.07 Å². The zero-order valence-electron chi connectivity index (χ0n) is 15.1. The molecule has 28 heavy (non-hydrogen) atoms. The number of carbonyl (C=O) groups is 1. The van der Waals surface area contributed by atoms with Crippen molar-refractivity contribution in [3.8, 4) is 0 Å². The van der Waals surface area contributed by atoms with Gasteiger partial charge >= 0.3 is 0 Å². The molecule has 146 valence electrons. The lowest BCUT2D eigenvalue weighted by Crippen LogP contribution is -2.30. The first-order chi connectivity index (χ1) is 13.5. The van der Waals surface area contributed by atoms with Crippen molar-refractivity contribution in [2.24, 2.45) is 0 Å². The lowest BCUT2D eigenvalue weighted by Gasteiger charge is -2.24. The predicted molar refractivity (Wildman–Crippen MR) is 107 cm³/mol. The maximum absolute atomic E-state index is 12.9. The van der Waals surface area contributed by atoms with E-state index in [-0.39, 0.29) is 23.4 Å². The van der Waals surface area contributed by atoms with Crippen molar-refractivity contribution >= 4 is 27.3 Å². The highest BCUT2D eigenvalue weighted by atomic mass is 32.2. The number of hydrogen-bond donors (Lipinski definition) is 1. The second-order valence-electron chi connectivity index (χ2n) is 6.60. The molecule has 1 aromatic carbocycles. The molecule has 1 saturated heterocycles. The van der Waals surface area contributed by atoms with Crippen LogP contribution >= 0.6 is 11.3 Å². The zero-order chi connectivity index (χ0) is 19.6. The topological polar surface area (TPSA) is 79.6 Å². The van der Waals surface area contributed by atoms with Gasteiger partial charge in [0.05, 0.1) is 23.7 Å². The van der Waals surface area contributed by atoms with Gasteiger partial charge in [0.2, 0.25) is 10.0 Å². The number of likely N-dealkylation sites (tertiary alicyclic amines) is 1. The minimum atomic E-state index is -3.68. The Morgan fingerprint density at radius 2 is 2.00 bits per heavy atom. The molecule has 0 unspecified atom stereocenters. The summed E-state index contributed by atoms with van der Waals surface area (Å²) in [6.07, 6.45) is 3.42. The van der Waals surface area contributed by atoms with Crippen LogP contribution in [0.1, 0.15) is 39.9 Å². The van der Waals surface area contributed by atoms with Crippen molar-refractivity contribution in [2.75, 3.05) is 6.54 Å². The van der Waals surface area contributed by atoms with Crippen molar-refractivity contribution in [3.63, 3.8) is 0 Å². The van der Waals surface area contributed by atoms with E-state index in [4.69, 9.17) is 4.42 Å². The molecule has 1 atom stereocenters. The maximum Gasteiger partial charge on any atom is 0.254 e. The van der Waals surface area contributed by atoms with Crippen LogP contribution in [0.4, 0.5) is 0 Å². The zero-order valence-corrected chi connectivity index (χ0v) is 16.7. The fraction of sp³-hybridized carbons (Fsp3) is 0.250.